The number of carbonyl (C=O) groups excluding carboxylic acids is 1. The summed E-state index contributed by atoms with van der Waals surface area (Å²) < 4.78 is 8.14. The smallest absolute Gasteiger partial charge is 0.345 e. The number of aromatic nitrogens is 3. The molecule has 0 unspecified atom stereocenters. The second-order valence-electron chi connectivity index (χ2n) is 7.83. The number of aromatic amines is 1. The van der Waals surface area contributed by atoms with E-state index in [2.05, 4.69) is 10.2 Å². The number of carboxylic acid groups (broad SMARTS) is 1. The normalized spacial score (nSPS) is 17.8. The van der Waals surface area contributed by atoms with Crippen molar-refractivity contribution < 1.29 is 19.4 Å². The zero-order valence-corrected chi connectivity index (χ0v) is 17.4. The predicted octanol–water partition coefficient (Wildman–Crippen LogP) is 2.88. The number of likely N-dealkylation sites (tertiary alicyclic amines) is 1. The Balaban J connectivity index is 1.32. The van der Waals surface area contributed by atoms with Gasteiger partial charge in [-0.2, -0.15) is 5.10 Å². The molecular formula is C21H22N4O4S. The average Bonchev–Trinajstić information content (AvgIpc) is 3.47. The number of amides is 1. The molecular weight excluding hydrogens is 404 g/mol. The lowest BCUT2D eigenvalue weighted by atomic mass is 9.85. The van der Waals surface area contributed by atoms with E-state index in [4.69, 9.17) is 4.74 Å². The number of aromatic carboxylic acids is 1. The minimum absolute atomic E-state index is 0.0775. The third-order valence-corrected chi connectivity index (χ3v) is 7.41. The highest BCUT2D eigenvalue weighted by atomic mass is 32.1. The molecule has 3 aromatic heterocycles. The van der Waals surface area contributed by atoms with Gasteiger partial charge in [-0.1, -0.05) is 0 Å². The molecule has 3 aromatic rings. The Morgan fingerprint density at radius 1 is 1.30 bits per heavy atom. The second kappa shape index (κ2) is 7.10. The molecule has 8 nitrogen and oxygen atoms in total. The van der Waals surface area contributed by atoms with Crippen LogP contribution < -0.4 is 0 Å². The minimum Gasteiger partial charge on any atom is -0.477 e. The molecule has 0 bridgehead atoms. The number of hydrogen-bond donors (Lipinski definition) is 2. The van der Waals surface area contributed by atoms with Crippen molar-refractivity contribution in [3.8, 4) is 11.4 Å². The van der Waals surface area contributed by atoms with Crippen LogP contribution in [0.15, 0.2) is 30.5 Å². The Kier molecular flexibility index (Phi) is 4.52. The number of carbonyl (C=O) groups is 2. The monoisotopic (exact) mass is 426 g/mol. The van der Waals surface area contributed by atoms with Gasteiger partial charge in [-0.05, 0) is 49.1 Å². The molecule has 1 fully saturated rings. The molecule has 1 amide bonds. The number of carboxylic acids is 1. The maximum Gasteiger partial charge on any atom is 0.345 e. The lowest BCUT2D eigenvalue weighted by Gasteiger charge is -2.43. The first-order valence-electron chi connectivity index (χ1n) is 9.94. The van der Waals surface area contributed by atoms with Crippen LogP contribution in [-0.2, 0) is 23.8 Å². The van der Waals surface area contributed by atoms with Gasteiger partial charge in [0.1, 0.15) is 21.9 Å². The summed E-state index contributed by atoms with van der Waals surface area (Å²) in [6.45, 7) is 1.69. The van der Waals surface area contributed by atoms with Crippen molar-refractivity contribution in [1.82, 2.24) is 19.7 Å². The van der Waals surface area contributed by atoms with Gasteiger partial charge < -0.3 is 19.3 Å². The summed E-state index contributed by atoms with van der Waals surface area (Å²) >= 11 is 1.31. The lowest BCUT2D eigenvalue weighted by molar-refractivity contribution is -0.0906. The Bertz CT molecular complexity index is 1120. The molecule has 1 saturated heterocycles. The van der Waals surface area contributed by atoms with Crippen molar-refractivity contribution in [3.05, 3.63) is 51.5 Å². The Hall–Kier alpha value is -2.91. The van der Waals surface area contributed by atoms with E-state index in [-0.39, 0.29) is 5.91 Å². The van der Waals surface area contributed by atoms with Gasteiger partial charge in [0.2, 0.25) is 0 Å². The maximum atomic E-state index is 13.0. The van der Waals surface area contributed by atoms with E-state index in [0.717, 1.165) is 28.2 Å². The van der Waals surface area contributed by atoms with Crippen LogP contribution in [0.5, 0.6) is 0 Å². The fourth-order valence-corrected chi connectivity index (χ4v) is 5.68. The number of nitrogens with zero attached hydrogens (tertiary/aromatic N) is 3. The number of nitrogens with one attached hydrogen (secondary N) is 1. The van der Waals surface area contributed by atoms with Crippen LogP contribution in [-0.4, -0.2) is 56.3 Å². The van der Waals surface area contributed by atoms with Crippen LogP contribution in [0.25, 0.3) is 11.4 Å². The molecule has 2 aliphatic rings. The number of fused-ring (bicyclic) bond motifs is 2. The molecule has 0 saturated carbocycles. The van der Waals surface area contributed by atoms with Crippen molar-refractivity contribution in [2.75, 3.05) is 19.7 Å². The van der Waals surface area contributed by atoms with E-state index in [1.54, 1.807) is 12.1 Å². The summed E-state index contributed by atoms with van der Waals surface area (Å²) in [5.41, 5.74) is 2.74. The molecule has 2 N–H and O–H groups in total. The van der Waals surface area contributed by atoms with Crippen molar-refractivity contribution in [2.45, 2.75) is 24.9 Å². The van der Waals surface area contributed by atoms with Crippen LogP contribution in [0.2, 0.25) is 0 Å². The van der Waals surface area contributed by atoms with Crippen LogP contribution in [0.1, 0.15) is 43.4 Å². The van der Waals surface area contributed by atoms with Crippen LogP contribution >= 0.6 is 11.3 Å². The van der Waals surface area contributed by atoms with Gasteiger partial charge >= 0.3 is 5.97 Å². The summed E-state index contributed by atoms with van der Waals surface area (Å²) in [4.78, 5) is 27.6. The van der Waals surface area contributed by atoms with Gasteiger partial charge in [-0.3, -0.25) is 9.89 Å². The number of rotatable bonds is 3. The summed E-state index contributed by atoms with van der Waals surface area (Å²) in [5, 5.41) is 16.5. The molecule has 0 aliphatic carbocycles. The van der Waals surface area contributed by atoms with Crippen molar-refractivity contribution >= 4 is 23.2 Å². The van der Waals surface area contributed by atoms with Gasteiger partial charge in [0.25, 0.3) is 5.91 Å². The number of aryl methyl sites for hydroxylation is 1. The van der Waals surface area contributed by atoms with E-state index in [1.807, 2.05) is 34.8 Å². The fraction of sp³-hybridized carbons (Fsp3) is 0.381. The SMILES string of the molecule is Cn1cccc1-c1cc(C(=O)N2CCC3(CC2)OCCc2cc(C(=O)O)sc23)[nH]n1. The summed E-state index contributed by atoms with van der Waals surface area (Å²) in [6.07, 6.45) is 3.99. The molecule has 1 spiro atoms. The number of ether oxygens (including phenoxy) is 1. The predicted molar refractivity (Wildman–Crippen MR) is 111 cm³/mol. The largest absolute Gasteiger partial charge is 0.477 e. The Labute approximate surface area is 177 Å². The van der Waals surface area contributed by atoms with Gasteiger partial charge in [0, 0.05) is 31.2 Å². The second-order valence-corrected chi connectivity index (χ2v) is 8.88. The Morgan fingerprint density at radius 2 is 2.10 bits per heavy atom. The van der Waals surface area contributed by atoms with Gasteiger partial charge in [-0.25, -0.2) is 4.79 Å². The van der Waals surface area contributed by atoms with E-state index < -0.39 is 11.6 Å². The van der Waals surface area contributed by atoms with Gasteiger partial charge in [0.15, 0.2) is 0 Å². The number of hydrogen-bond acceptors (Lipinski definition) is 5. The first kappa shape index (κ1) is 19.1. The van der Waals surface area contributed by atoms with Crippen molar-refractivity contribution in [3.63, 3.8) is 0 Å². The quantitative estimate of drug-likeness (QED) is 0.671. The molecule has 5 rings (SSSR count). The lowest BCUT2D eigenvalue weighted by Crippen LogP contribution is -2.48. The molecule has 0 aromatic carbocycles. The maximum absolute atomic E-state index is 13.0. The van der Waals surface area contributed by atoms with Crippen LogP contribution in [0, 0.1) is 0 Å². The first-order valence-corrected chi connectivity index (χ1v) is 10.8. The van der Waals surface area contributed by atoms with E-state index in [9.17, 15) is 14.7 Å². The highest BCUT2D eigenvalue weighted by Gasteiger charge is 2.43. The zero-order valence-electron chi connectivity index (χ0n) is 16.6. The molecule has 2 aliphatic heterocycles. The van der Waals surface area contributed by atoms with E-state index >= 15 is 0 Å². The Morgan fingerprint density at radius 3 is 2.80 bits per heavy atom. The van der Waals surface area contributed by atoms with E-state index in [0.29, 0.717) is 43.1 Å². The number of piperidine rings is 1. The number of H-pyrrole nitrogens is 1. The number of thiophene rings is 1. The van der Waals surface area contributed by atoms with Gasteiger partial charge in [0.05, 0.1) is 12.3 Å². The van der Waals surface area contributed by atoms with Crippen molar-refractivity contribution in [2.24, 2.45) is 7.05 Å². The fourth-order valence-electron chi connectivity index (χ4n) is 4.43. The highest BCUT2D eigenvalue weighted by Crippen LogP contribution is 2.45. The molecule has 0 radical (unpaired) electrons. The molecule has 0 atom stereocenters. The third kappa shape index (κ3) is 3.05. The van der Waals surface area contributed by atoms with Crippen LogP contribution in [0.3, 0.4) is 0 Å². The third-order valence-electron chi connectivity index (χ3n) is 6.06. The standard InChI is InChI=1S/C21H22N4O4S/c1-24-7-2-3-16(24)14-12-15(23-22-14)19(26)25-8-5-21(6-9-25)18-13(4-10-29-21)11-17(30-18)20(27)28/h2-3,7,11-12H,4-6,8-10H2,1H3,(H,22,23)(H,27,28). The summed E-state index contributed by atoms with van der Waals surface area (Å²) in [6, 6.07) is 7.46. The minimum atomic E-state index is -0.898. The van der Waals surface area contributed by atoms with E-state index in [1.165, 1.54) is 11.3 Å². The van der Waals surface area contributed by atoms with Crippen LogP contribution in [0.4, 0.5) is 0 Å². The summed E-state index contributed by atoms with van der Waals surface area (Å²) in [7, 11) is 1.94. The zero-order chi connectivity index (χ0) is 20.9. The molecule has 30 heavy (non-hydrogen) atoms. The van der Waals surface area contributed by atoms with Gasteiger partial charge in [-0.15, -0.1) is 11.3 Å². The first-order chi connectivity index (χ1) is 14.5. The highest BCUT2D eigenvalue weighted by molar-refractivity contribution is 7.14. The molecule has 5 heterocycles. The summed E-state index contributed by atoms with van der Waals surface area (Å²) in [5.74, 6) is -0.975. The van der Waals surface area contributed by atoms with Crippen molar-refractivity contribution in [1.29, 1.82) is 0 Å². The average molecular weight is 426 g/mol. The molecule has 156 valence electrons. The molecule has 9 heteroatoms. The topological polar surface area (TPSA) is 100 Å².